The normalized spacial score (nSPS) is 22.3. The van der Waals surface area contributed by atoms with Crippen LogP contribution in [0.25, 0.3) is 0 Å². The zero-order chi connectivity index (χ0) is 15.4. The third kappa shape index (κ3) is 3.67. The molecule has 0 aromatic carbocycles. The van der Waals surface area contributed by atoms with Gasteiger partial charge >= 0.3 is 12.0 Å². The van der Waals surface area contributed by atoms with E-state index in [9.17, 15) is 9.59 Å². The Bertz CT molecular complexity index is 374. The topological polar surface area (TPSA) is 64.1 Å². The molecule has 1 saturated heterocycles. The molecule has 0 spiro atoms. The van der Waals surface area contributed by atoms with E-state index in [1.165, 1.54) is 12.8 Å². The third-order valence-electron chi connectivity index (χ3n) is 4.84. The number of amides is 2. The van der Waals surface area contributed by atoms with Gasteiger partial charge in [-0.3, -0.25) is 9.69 Å². The fraction of sp³-hybridized carbons (Fsp3) is 0.867. The van der Waals surface area contributed by atoms with E-state index < -0.39 is 12.0 Å². The SMILES string of the molecule is CCN(C(=O)N1CCN(C(C)C(=O)O)CC1)C1CCCC1. The number of piperazine rings is 1. The van der Waals surface area contributed by atoms with Crippen molar-refractivity contribution in [3.8, 4) is 0 Å². The van der Waals surface area contributed by atoms with Crippen molar-refractivity contribution in [1.82, 2.24) is 14.7 Å². The number of carbonyl (C=O) groups is 2. The number of urea groups is 1. The molecule has 0 bridgehead atoms. The van der Waals surface area contributed by atoms with Crippen LogP contribution in [0.3, 0.4) is 0 Å². The van der Waals surface area contributed by atoms with E-state index >= 15 is 0 Å². The molecule has 1 N–H and O–H groups in total. The van der Waals surface area contributed by atoms with Gasteiger partial charge in [0.2, 0.25) is 0 Å². The lowest BCUT2D eigenvalue weighted by molar-refractivity contribution is -0.143. The number of aliphatic carboxylic acids is 1. The Balaban J connectivity index is 1.88. The van der Waals surface area contributed by atoms with E-state index in [1.54, 1.807) is 6.92 Å². The zero-order valence-electron chi connectivity index (χ0n) is 13.1. The van der Waals surface area contributed by atoms with E-state index in [4.69, 9.17) is 5.11 Å². The van der Waals surface area contributed by atoms with Crippen molar-refractivity contribution < 1.29 is 14.7 Å². The summed E-state index contributed by atoms with van der Waals surface area (Å²) >= 11 is 0. The van der Waals surface area contributed by atoms with Crippen molar-refractivity contribution in [2.24, 2.45) is 0 Å². The summed E-state index contributed by atoms with van der Waals surface area (Å²) in [4.78, 5) is 29.5. The molecule has 6 nitrogen and oxygen atoms in total. The molecule has 1 aliphatic carbocycles. The Labute approximate surface area is 126 Å². The van der Waals surface area contributed by atoms with Crippen LogP contribution < -0.4 is 0 Å². The Hall–Kier alpha value is -1.30. The van der Waals surface area contributed by atoms with Crippen molar-refractivity contribution in [3.63, 3.8) is 0 Å². The molecule has 0 aromatic rings. The van der Waals surface area contributed by atoms with Gasteiger partial charge in [-0.15, -0.1) is 0 Å². The lowest BCUT2D eigenvalue weighted by atomic mass is 10.2. The molecule has 1 atom stereocenters. The van der Waals surface area contributed by atoms with Gasteiger partial charge in [0.15, 0.2) is 0 Å². The van der Waals surface area contributed by atoms with Crippen LogP contribution in [0.1, 0.15) is 39.5 Å². The first-order valence-corrected chi connectivity index (χ1v) is 8.07. The molecule has 120 valence electrons. The van der Waals surface area contributed by atoms with Crippen molar-refractivity contribution in [3.05, 3.63) is 0 Å². The van der Waals surface area contributed by atoms with Crippen LogP contribution in [-0.4, -0.2) is 76.6 Å². The molecule has 21 heavy (non-hydrogen) atoms. The van der Waals surface area contributed by atoms with E-state index in [0.717, 1.165) is 19.4 Å². The summed E-state index contributed by atoms with van der Waals surface area (Å²) in [5.74, 6) is -0.795. The van der Waals surface area contributed by atoms with E-state index in [2.05, 4.69) is 0 Å². The molecule has 1 saturated carbocycles. The summed E-state index contributed by atoms with van der Waals surface area (Å²) < 4.78 is 0. The first kappa shape index (κ1) is 16.1. The summed E-state index contributed by atoms with van der Waals surface area (Å²) in [5.41, 5.74) is 0. The zero-order valence-corrected chi connectivity index (χ0v) is 13.1. The monoisotopic (exact) mass is 297 g/mol. The molecular weight excluding hydrogens is 270 g/mol. The van der Waals surface area contributed by atoms with Crippen molar-refractivity contribution >= 4 is 12.0 Å². The van der Waals surface area contributed by atoms with Crippen molar-refractivity contribution in [2.75, 3.05) is 32.7 Å². The highest BCUT2D eigenvalue weighted by molar-refractivity contribution is 5.75. The molecule has 0 aromatic heterocycles. The summed E-state index contributed by atoms with van der Waals surface area (Å²) in [6.07, 6.45) is 4.68. The van der Waals surface area contributed by atoms with Crippen LogP contribution in [0.15, 0.2) is 0 Å². The van der Waals surface area contributed by atoms with Crippen LogP contribution >= 0.6 is 0 Å². The fourth-order valence-electron chi connectivity index (χ4n) is 3.40. The summed E-state index contributed by atoms with van der Waals surface area (Å²) in [7, 11) is 0. The van der Waals surface area contributed by atoms with Crippen LogP contribution in [0.2, 0.25) is 0 Å². The fourth-order valence-corrected chi connectivity index (χ4v) is 3.40. The second kappa shape index (κ2) is 7.11. The first-order chi connectivity index (χ1) is 10.0. The average Bonchev–Trinajstić information content (AvgIpc) is 3.01. The minimum Gasteiger partial charge on any atom is -0.480 e. The molecule has 1 aliphatic heterocycles. The maximum atomic E-state index is 12.6. The minimum absolute atomic E-state index is 0.132. The number of nitrogens with zero attached hydrogens (tertiary/aromatic N) is 3. The van der Waals surface area contributed by atoms with Gasteiger partial charge in [-0.25, -0.2) is 4.79 Å². The second-order valence-electron chi connectivity index (χ2n) is 6.04. The molecular formula is C15H27N3O3. The van der Waals surface area contributed by atoms with Crippen molar-refractivity contribution in [1.29, 1.82) is 0 Å². The number of hydrogen-bond donors (Lipinski definition) is 1. The Kier molecular flexibility index (Phi) is 5.45. The van der Waals surface area contributed by atoms with Gasteiger partial charge in [-0.2, -0.15) is 0 Å². The Morgan fingerprint density at radius 1 is 1.19 bits per heavy atom. The molecule has 2 fully saturated rings. The maximum Gasteiger partial charge on any atom is 0.320 e. The van der Waals surface area contributed by atoms with Gasteiger partial charge in [0, 0.05) is 38.8 Å². The highest BCUT2D eigenvalue weighted by Crippen LogP contribution is 2.24. The van der Waals surface area contributed by atoms with Gasteiger partial charge in [-0.05, 0) is 26.7 Å². The molecule has 1 heterocycles. The van der Waals surface area contributed by atoms with Crippen molar-refractivity contribution in [2.45, 2.75) is 51.6 Å². The smallest absolute Gasteiger partial charge is 0.320 e. The lowest BCUT2D eigenvalue weighted by Crippen LogP contribution is -2.56. The van der Waals surface area contributed by atoms with Gasteiger partial charge in [0.05, 0.1) is 0 Å². The molecule has 0 radical (unpaired) electrons. The Morgan fingerprint density at radius 2 is 1.76 bits per heavy atom. The molecule has 6 heteroatoms. The molecule has 2 aliphatic rings. The van der Waals surface area contributed by atoms with Gasteiger partial charge < -0.3 is 14.9 Å². The van der Waals surface area contributed by atoms with Gasteiger partial charge in [0.1, 0.15) is 6.04 Å². The van der Waals surface area contributed by atoms with Crippen LogP contribution in [0.4, 0.5) is 4.79 Å². The van der Waals surface area contributed by atoms with E-state index in [1.807, 2.05) is 21.6 Å². The Morgan fingerprint density at radius 3 is 2.24 bits per heavy atom. The quantitative estimate of drug-likeness (QED) is 0.853. The molecule has 2 amide bonds. The van der Waals surface area contributed by atoms with E-state index in [0.29, 0.717) is 32.2 Å². The average molecular weight is 297 g/mol. The van der Waals surface area contributed by atoms with Crippen LogP contribution in [0, 0.1) is 0 Å². The minimum atomic E-state index is -0.795. The molecule has 2 rings (SSSR count). The number of carboxylic acids is 1. The summed E-state index contributed by atoms with van der Waals surface area (Å²) in [6, 6.07) is 0.0601. The first-order valence-electron chi connectivity index (χ1n) is 8.07. The predicted octanol–water partition coefficient (Wildman–Crippen LogP) is 1.46. The lowest BCUT2D eigenvalue weighted by Gasteiger charge is -2.40. The predicted molar refractivity (Wildman–Crippen MR) is 80.3 cm³/mol. The second-order valence-corrected chi connectivity index (χ2v) is 6.04. The number of carbonyl (C=O) groups excluding carboxylic acids is 1. The maximum absolute atomic E-state index is 12.6. The number of hydrogen-bond acceptors (Lipinski definition) is 3. The largest absolute Gasteiger partial charge is 0.480 e. The number of rotatable bonds is 4. The number of carboxylic acid groups (broad SMARTS) is 1. The summed E-state index contributed by atoms with van der Waals surface area (Å²) in [6.45, 7) is 7.03. The van der Waals surface area contributed by atoms with Gasteiger partial charge in [-0.1, -0.05) is 12.8 Å². The standard InChI is InChI=1S/C15H27N3O3/c1-3-18(13-6-4-5-7-13)15(21)17-10-8-16(9-11-17)12(2)14(19)20/h12-13H,3-11H2,1-2H3,(H,19,20). The summed E-state index contributed by atoms with van der Waals surface area (Å²) in [5, 5.41) is 9.05. The third-order valence-corrected chi connectivity index (χ3v) is 4.84. The van der Waals surface area contributed by atoms with Crippen LogP contribution in [-0.2, 0) is 4.79 Å². The van der Waals surface area contributed by atoms with Crippen LogP contribution in [0.5, 0.6) is 0 Å². The highest BCUT2D eigenvalue weighted by Gasteiger charge is 2.32. The highest BCUT2D eigenvalue weighted by atomic mass is 16.4. The van der Waals surface area contributed by atoms with E-state index in [-0.39, 0.29) is 6.03 Å². The molecule has 1 unspecified atom stereocenters. The van der Waals surface area contributed by atoms with Gasteiger partial charge in [0.25, 0.3) is 0 Å².